The van der Waals surface area contributed by atoms with Gasteiger partial charge in [0.25, 0.3) is 0 Å². The van der Waals surface area contributed by atoms with Crippen LogP contribution in [0.2, 0.25) is 0 Å². The molecule has 3 nitrogen and oxygen atoms in total. The first-order valence-electron chi connectivity index (χ1n) is 5.16. The van der Waals surface area contributed by atoms with Crippen LogP contribution in [0.1, 0.15) is 19.2 Å². The number of H-pyrrole nitrogens is 1. The summed E-state index contributed by atoms with van der Waals surface area (Å²) in [7, 11) is 0. The average Bonchev–Trinajstić information content (AvgIpc) is 2.64. The molecule has 0 saturated heterocycles. The number of aromatic amines is 1. The third-order valence-corrected chi connectivity index (χ3v) is 2.43. The number of fused-ring (bicyclic) bond motifs is 1. The summed E-state index contributed by atoms with van der Waals surface area (Å²) in [6.45, 7) is 1.89. The van der Waals surface area contributed by atoms with Gasteiger partial charge in [-0.25, -0.2) is 13.8 Å². The number of imidazole rings is 1. The molecule has 1 heterocycles. The SMILES string of the molecule is CC(N)CCc1nc2c(F)c(F)ccc2[nH]1. The topological polar surface area (TPSA) is 54.7 Å². The first-order chi connectivity index (χ1) is 7.58. The van der Waals surface area contributed by atoms with Gasteiger partial charge in [0.05, 0.1) is 5.52 Å². The summed E-state index contributed by atoms with van der Waals surface area (Å²) in [6.07, 6.45) is 1.39. The molecule has 3 N–H and O–H groups in total. The quantitative estimate of drug-likeness (QED) is 0.840. The minimum atomic E-state index is -0.902. The van der Waals surface area contributed by atoms with Crippen LogP contribution < -0.4 is 5.73 Å². The molecule has 5 heteroatoms. The predicted octanol–water partition coefficient (Wildman–Crippen LogP) is 2.12. The molecular formula is C11H13F2N3. The van der Waals surface area contributed by atoms with Crippen molar-refractivity contribution in [2.75, 3.05) is 0 Å². The summed E-state index contributed by atoms with van der Waals surface area (Å²) in [5.41, 5.74) is 6.18. The van der Waals surface area contributed by atoms with E-state index < -0.39 is 11.6 Å². The monoisotopic (exact) mass is 225 g/mol. The molecule has 0 aliphatic heterocycles. The van der Waals surface area contributed by atoms with E-state index in [2.05, 4.69) is 9.97 Å². The maximum Gasteiger partial charge on any atom is 0.186 e. The molecule has 2 aromatic rings. The van der Waals surface area contributed by atoms with Crippen molar-refractivity contribution in [3.63, 3.8) is 0 Å². The van der Waals surface area contributed by atoms with Gasteiger partial charge in [-0.1, -0.05) is 0 Å². The van der Waals surface area contributed by atoms with Crippen molar-refractivity contribution in [3.05, 3.63) is 29.6 Å². The van der Waals surface area contributed by atoms with E-state index >= 15 is 0 Å². The Balaban J connectivity index is 2.33. The molecule has 1 aromatic heterocycles. The second kappa shape index (κ2) is 4.17. The number of halogens is 2. The van der Waals surface area contributed by atoms with E-state index in [4.69, 9.17) is 5.73 Å². The molecule has 1 aromatic carbocycles. The number of nitrogens with one attached hydrogen (secondary N) is 1. The molecule has 86 valence electrons. The minimum Gasteiger partial charge on any atom is -0.342 e. The largest absolute Gasteiger partial charge is 0.342 e. The fourth-order valence-corrected chi connectivity index (χ4v) is 1.55. The second-order valence-corrected chi connectivity index (χ2v) is 3.96. The number of aryl methyl sites for hydroxylation is 1. The Morgan fingerprint density at radius 1 is 1.44 bits per heavy atom. The highest BCUT2D eigenvalue weighted by Gasteiger charge is 2.11. The minimum absolute atomic E-state index is 0.0553. The lowest BCUT2D eigenvalue weighted by atomic mass is 10.2. The fourth-order valence-electron chi connectivity index (χ4n) is 1.55. The van der Waals surface area contributed by atoms with Crippen molar-refractivity contribution >= 4 is 11.0 Å². The standard InChI is InChI=1S/C11H13F2N3/c1-6(14)2-5-9-15-8-4-3-7(12)10(13)11(8)16-9/h3-4,6H,2,5,14H2,1H3,(H,15,16). The Bertz CT molecular complexity index is 505. The van der Waals surface area contributed by atoms with E-state index in [1.807, 2.05) is 6.92 Å². The molecule has 16 heavy (non-hydrogen) atoms. The maximum atomic E-state index is 13.3. The van der Waals surface area contributed by atoms with Gasteiger partial charge >= 0.3 is 0 Å². The first-order valence-corrected chi connectivity index (χ1v) is 5.16. The third kappa shape index (κ3) is 2.04. The predicted molar refractivity (Wildman–Crippen MR) is 58.0 cm³/mol. The Hall–Kier alpha value is -1.49. The fraction of sp³-hybridized carbons (Fsp3) is 0.364. The van der Waals surface area contributed by atoms with E-state index in [0.717, 1.165) is 12.5 Å². The van der Waals surface area contributed by atoms with Crippen molar-refractivity contribution in [2.45, 2.75) is 25.8 Å². The van der Waals surface area contributed by atoms with Crippen LogP contribution in [-0.2, 0) is 6.42 Å². The van der Waals surface area contributed by atoms with Crippen LogP contribution in [0.15, 0.2) is 12.1 Å². The Labute approximate surface area is 91.7 Å². The number of aromatic nitrogens is 2. The summed E-state index contributed by atoms with van der Waals surface area (Å²) in [5.74, 6) is -1.14. The van der Waals surface area contributed by atoms with Crippen LogP contribution in [0.3, 0.4) is 0 Å². The van der Waals surface area contributed by atoms with Crippen molar-refractivity contribution in [1.82, 2.24) is 9.97 Å². The van der Waals surface area contributed by atoms with Crippen molar-refractivity contribution in [3.8, 4) is 0 Å². The van der Waals surface area contributed by atoms with Crippen molar-refractivity contribution in [1.29, 1.82) is 0 Å². The third-order valence-electron chi connectivity index (χ3n) is 2.43. The lowest BCUT2D eigenvalue weighted by Crippen LogP contribution is -2.15. The normalized spacial score (nSPS) is 13.2. The molecule has 0 aliphatic carbocycles. The molecule has 2 rings (SSSR count). The molecule has 0 amide bonds. The lowest BCUT2D eigenvalue weighted by Gasteiger charge is -2.00. The molecule has 1 unspecified atom stereocenters. The van der Waals surface area contributed by atoms with Gasteiger partial charge in [-0.15, -0.1) is 0 Å². The van der Waals surface area contributed by atoms with Crippen LogP contribution in [0.4, 0.5) is 8.78 Å². The number of benzene rings is 1. The Morgan fingerprint density at radius 3 is 2.88 bits per heavy atom. The molecule has 0 saturated carbocycles. The van der Waals surface area contributed by atoms with Gasteiger partial charge in [0.2, 0.25) is 0 Å². The highest BCUT2D eigenvalue weighted by atomic mass is 19.2. The summed E-state index contributed by atoms with van der Waals surface area (Å²) < 4.78 is 26.3. The molecular weight excluding hydrogens is 212 g/mol. The number of nitrogens with two attached hydrogens (primary N) is 1. The van der Waals surface area contributed by atoms with E-state index in [1.165, 1.54) is 6.07 Å². The van der Waals surface area contributed by atoms with Crippen LogP contribution in [-0.4, -0.2) is 16.0 Å². The van der Waals surface area contributed by atoms with Gasteiger partial charge < -0.3 is 10.7 Å². The van der Waals surface area contributed by atoms with Gasteiger partial charge in [0, 0.05) is 12.5 Å². The van der Waals surface area contributed by atoms with Crippen LogP contribution >= 0.6 is 0 Å². The smallest absolute Gasteiger partial charge is 0.186 e. The van der Waals surface area contributed by atoms with Crippen LogP contribution in [0.25, 0.3) is 11.0 Å². The summed E-state index contributed by atoms with van der Waals surface area (Å²) in [6, 6.07) is 2.64. The zero-order chi connectivity index (χ0) is 11.7. The maximum absolute atomic E-state index is 13.3. The van der Waals surface area contributed by atoms with Crippen LogP contribution in [0.5, 0.6) is 0 Å². The van der Waals surface area contributed by atoms with Gasteiger partial charge in [-0.05, 0) is 25.5 Å². The average molecular weight is 225 g/mol. The van der Waals surface area contributed by atoms with E-state index in [1.54, 1.807) is 0 Å². The Kier molecular flexibility index (Phi) is 2.87. The molecule has 0 fully saturated rings. The molecule has 0 bridgehead atoms. The number of hydrogen-bond acceptors (Lipinski definition) is 2. The summed E-state index contributed by atoms with van der Waals surface area (Å²) in [4.78, 5) is 6.96. The summed E-state index contributed by atoms with van der Waals surface area (Å²) >= 11 is 0. The van der Waals surface area contributed by atoms with Gasteiger partial charge in [-0.2, -0.15) is 0 Å². The highest BCUT2D eigenvalue weighted by molar-refractivity contribution is 5.75. The second-order valence-electron chi connectivity index (χ2n) is 3.96. The summed E-state index contributed by atoms with van der Waals surface area (Å²) in [5, 5.41) is 0. The van der Waals surface area contributed by atoms with Gasteiger partial charge in [0.15, 0.2) is 11.6 Å². The molecule has 0 radical (unpaired) electrons. The number of hydrogen-bond donors (Lipinski definition) is 2. The van der Waals surface area contributed by atoms with Crippen molar-refractivity contribution in [2.24, 2.45) is 5.73 Å². The van der Waals surface area contributed by atoms with Gasteiger partial charge in [-0.3, -0.25) is 0 Å². The number of nitrogens with zero attached hydrogens (tertiary/aromatic N) is 1. The lowest BCUT2D eigenvalue weighted by molar-refractivity contribution is 0.515. The van der Waals surface area contributed by atoms with Gasteiger partial charge in [0.1, 0.15) is 11.3 Å². The Morgan fingerprint density at radius 2 is 2.19 bits per heavy atom. The molecule has 0 spiro atoms. The zero-order valence-electron chi connectivity index (χ0n) is 8.93. The van der Waals surface area contributed by atoms with E-state index in [-0.39, 0.29) is 11.6 Å². The number of rotatable bonds is 3. The first kappa shape index (κ1) is 11.0. The van der Waals surface area contributed by atoms with Crippen LogP contribution in [0, 0.1) is 11.6 Å². The van der Waals surface area contributed by atoms with Crippen molar-refractivity contribution < 1.29 is 8.78 Å². The molecule has 0 aliphatic rings. The highest BCUT2D eigenvalue weighted by Crippen LogP contribution is 2.18. The van der Waals surface area contributed by atoms with E-state index in [9.17, 15) is 8.78 Å². The van der Waals surface area contributed by atoms with E-state index in [0.29, 0.717) is 17.8 Å². The zero-order valence-corrected chi connectivity index (χ0v) is 8.93. The molecule has 1 atom stereocenters.